The molecule has 0 bridgehead atoms. The van der Waals surface area contributed by atoms with Crippen molar-refractivity contribution in [1.29, 1.82) is 0 Å². The zero-order valence-electron chi connectivity index (χ0n) is 10.1. The van der Waals surface area contributed by atoms with Gasteiger partial charge in [-0.15, -0.1) is 0 Å². The van der Waals surface area contributed by atoms with Crippen LogP contribution in [0.4, 0.5) is 0 Å². The Bertz CT molecular complexity index is 692. The number of nitrogens with two attached hydrogens (primary N) is 1. The number of oxazole rings is 1. The van der Waals surface area contributed by atoms with Gasteiger partial charge in [0.2, 0.25) is 0 Å². The van der Waals surface area contributed by atoms with E-state index < -0.39 is 5.76 Å². The SMILES string of the molecule is Cn1c(=O)oc2cc(C(=O)C3(CN)CC3)ccc21. The molecule has 1 aliphatic carbocycles. The van der Waals surface area contributed by atoms with Gasteiger partial charge in [-0.2, -0.15) is 0 Å². The number of aryl methyl sites for hydroxylation is 1. The molecule has 1 aliphatic rings. The molecule has 5 nitrogen and oxygen atoms in total. The number of carbonyl (C=O) groups is 1. The number of carbonyl (C=O) groups excluding carboxylic acids is 1. The van der Waals surface area contributed by atoms with E-state index in [-0.39, 0.29) is 11.2 Å². The summed E-state index contributed by atoms with van der Waals surface area (Å²) in [6.07, 6.45) is 1.69. The second-order valence-corrected chi connectivity index (χ2v) is 4.92. The summed E-state index contributed by atoms with van der Waals surface area (Å²) in [7, 11) is 1.64. The van der Waals surface area contributed by atoms with E-state index in [0.717, 1.165) is 12.8 Å². The van der Waals surface area contributed by atoms with Crippen LogP contribution >= 0.6 is 0 Å². The molecule has 2 aromatic rings. The fraction of sp³-hybridized carbons (Fsp3) is 0.385. The zero-order valence-corrected chi connectivity index (χ0v) is 10.1. The van der Waals surface area contributed by atoms with E-state index in [2.05, 4.69) is 0 Å². The Hall–Kier alpha value is -1.88. The van der Waals surface area contributed by atoms with Crippen LogP contribution in [-0.2, 0) is 7.05 Å². The zero-order chi connectivity index (χ0) is 12.9. The normalized spacial score (nSPS) is 17.0. The summed E-state index contributed by atoms with van der Waals surface area (Å²) in [6, 6.07) is 5.10. The Morgan fingerprint density at radius 1 is 1.50 bits per heavy atom. The van der Waals surface area contributed by atoms with Crippen molar-refractivity contribution in [2.75, 3.05) is 6.54 Å². The van der Waals surface area contributed by atoms with Crippen molar-refractivity contribution in [3.05, 3.63) is 34.3 Å². The van der Waals surface area contributed by atoms with Gasteiger partial charge in [-0.1, -0.05) is 0 Å². The Morgan fingerprint density at radius 3 is 2.83 bits per heavy atom. The van der Waals surface area contributed by atoms with Crippen molar-refractivity contribution in [3.8, 4) is 0 Å². The number of fused-ring (bicyclic) bond motifs is 1. The molecule has 0 atom stereocenters. The second kappa shape index (κ2) is 3.55. The van der Waals surface area contributed by atoms with E-state index in [1.54, 1.807) is 25.2 Å². The predicted molar refractivity (Wildman–Crippen MR) is 66.5 cm³/mol. The molecule has 94 valence electrons. The first kappa shape index (κ1) is 11.2. The van der Waals surface area contributed by atoms with Crippen LogP contribution in [-0.4, -0.2) is 16.9 Å². The molecular weight excluding hydrogens is 232 g/mol. The van der Waals surface area contributed by atoms with E-state index in [4.69, 9.17) is 10.2 Å². The minimum atomic E-state index is -0.422. The smallest absolute Gasteiger partial charge is 0.408 e. The van der Waals surface area contributed by atoms with E-state index in [9.17, 15) is 9.59 Å². The Labute approximate surface area is 103 Å². The van der Waals surface area contributed by atoms with Crippen LogP contribution in [0, 0.1) is 5.41 Å². The lowest BCUT2D eigenvalue weighted by atomic mass is 9.95. The largest absolute Gasteiger partial charge is 0.419 e. The first-order valence-electron chi connectivity index (χ1n) is 5.92. The molecule has 1 heterocycles. The number of hydrogen-bond donors (Lipinski definition) is 1. The van der Waals surface area contributed by atoms with Crippen LogP contribution in [0.1, 0.15) is 23.2 Å². The van der Waals surface area contributed by atoms with Crippen LogP contribution in [0.2, 0.25) is 0 Å². The molecule has 5 heteroatoms. The molecule has 0 aliphatic heterocycles. The number of nitrogens with zero attached hydrogens (tertiary/aromatic N) is 1. The highest BCUT2D eigenvalue weighted by atomic mass is 16.4. The molecule has 0 saturated heterocycles. The summed E-state index contributed by atoms with van der Waals surface area (Å²) in [5.41, 5.74) is 6.98. The van der Waals surface area contributed by atoms with Gasteiger partial charge >= 0.3 is 5.76 Å². The quantitative estimate of drug-likeness (QED) is 0.821. The van der Waals surface area contributed by atoms with E-state index in [1.807, 2.05) is 0 Å². The first-order chi connectivity index (χ1) is 8.57. The van der Waals surface area contributed by atoms with Crippen LogP contribution in [0.3, 0.4) is 0 Å². The lowest BCUT2D eigenvalue weighted by Gasteiger charge is -2.10. The summed E-state index contributed by atoms with van der Waals surface area (Å²) in [6.45, 7) is 0.378. The maximum absolute atomic E-state index is 12.3. The predicted octanol–water partition coefficient (Wildman–Crippen LogP) is 1.05. The van der Waals surface area contributed by atoms with Crippen LogP contribution < -0.4 is 11.5 Å². The highest BCUT2D eigenvalue weighted by Crippen LogP contribution is 2.47. The molecule has 0 spiro atoms. The lowest BCUT2D eigenvalue weighted by molar-refractivity contribution is 0.0905. The standard InChI is InChI=1S/C13H14N2O3/c1-15-9-3-2-8(6-10(9)18-12(15)17)11(16)13(7-14)4-5-13/h2-3,6H,4-5,7,14H2,1H3. The summed E-state index contributed by atoms with van der Waals surface area (Å²) in [5, 5.41) is 0. The highest BCUT2D eigenvalue weighted by molar-refractivity contribution is 6.04. The first-order valence-corrected chi connectivity index (χ1v) is 5.92. The Balaban J connectivity index is 2.09. The summed E-state index contributed by atoms with van der Waals surface area (Å²) >= 11 is 0. The van der Waals surface area contributed by atoms with Gasteiger partial charge in [-0.25, -0.2) is 4.79 Å². The summed E-state index contributed by atoms with van der Waals surface area (Å²) < 4.78 is 6.50. The van der Waals surface area contributed by atoms with Gasteiger partial charge < -0.3 is 10.2 Å². The Kier molecular flexibility index (Phi) is 2.22. The molecule has 18 heavy (non-hydrogen) atoms. The fourth-order valence-electron chi connectivity index (χ4n) is 2.26. The van der Waals surface area contributed by atoms with Gasteiger partial charge in [-0.05, 0) is 31.0 Å². The van der Waals surface area contributed by atoms with Crippen molar-refractivity contribution < 1.29 is 9.21 Å². The molecule has 0 amide bonds. The fourth-order valence-corrected chi connectivity index (χ4v) is 2.26. The van der Waals surface area contributed by atoms with Crippen LogP contribution in [0.5, 0.6) is 0 Å². The topological polar surface area (TPSA) is 78.2 Å². The van der Waals surface area contributed by atoms with Gasteiger partial charge in [-0.3, -0.25) is 9.36 Å². The summed E-state index contributed by atoms with van der Waals surface area (Å²) in [5.74, 6) is -0.368. The van der Waals surface area contributed by atoms with Crippen molar-refractivity contribution in [2.24, 2.45) is 18.2 Å². The average Bonchev–Trinajstić information content (AvgIpc) is 3.12. The maximum Gasteiger partial charge on any atom is 0.419 e. The third-order valence-corrected chi connectivity index (χ3v) is 3.78. The van der Waals surface area contributed by atoms with Crippen molar-refractivity contribution in [1.82, 2.24) is 4.57 Å². The van der Waals surface area contributed by atoms with Crippen molar-refractivity contribution in [3.63, 3.8) is 0 Å². The molecule has 0 unspecified atom stereocenters. The maximum atomic E-state index is 12.3. The van der Waals surface area contributed by atoms with Gasteiger partial charge in [0.05, 0.1) is 5.52 Å². The molecular formula is C13H14N2O3. The molecule has 1 aromatic carbocycles. The summed E-state index contributed by atoms with van der Waals surface area (Å²) in [4.78, 5) is 23.7. The molecule has 1 saturated carbocycles. The number of aromatic nitrogens is 1. The Morgan fingerprint density at radius 2 is 2.22 bits per heavy atom. The van der Waals surface area contributed by atoms with Gasteiger partial charge in [0, 0.05) is 24.6 Å². The van der Waals surface area contributed by atoms with E-state index in [0.29, 0.717) is 23.2 Å². The van der Waals surface area contributed by atoms with Gasteiger partial charge in [0.1, 0.15) is 0 Å². The third kappa shape index (κ3) is 1.44. The number of ketones is 1. The highest BCUT2D eigenvalue weighted by Gasteiger charge is 2.48. The number of hydrogen-bond acceptors (Lipinski definition) is 4. The van der Waals surface area contributed by atoms with Gasteiger partial charge in [0.15, 0.2) is 11.4 Å². The van der Waals surface area contributed by atoms with Gasteiger partial charge in [0.25, 0.3) is 0 Å². The average molecular weight is 246 g/mol. The second-order valence-electron chi connectivity index (χ2n) is 4.92. The van der Waals surface area contributed by atoms with E-state index >= 15 is 0 Å². The van der Waals surface area contributed by atoms with Crippen molar-refractivity contribution in [2.45, 2.75) is 12.8 Å². The molecule has 3 rings (SSSR count). The molecule has 0 radical (unpaired) electrons. The molecule has 1 aromatic heterocycles. The minimum absolute atomic E-state index is 0.0541. The number of benzene rings is 1. The van der Waals surface area contributed by atoms with Crippen molar-refractivity contribution >= 4 is 16.9 Å². The molecule has 1 fully saturated rings. The number of rotatable bonds is 3. The van der Waals surface area contributed by atoms with Crippen LogP contribution in [0.25, 0.3) is 11.1 Å². The number of Topliss-reactive ketones (excluding diaryl/α,β-unsaturated/α-hetero) is 1. The van der Waals surface area contributed by atoms with Crippen LogP contribution in [0.15, 0.2) is 27.4 Å². The minimum Gasteiger partial charge on any atom is -0.408 e. The van der Waals surface area contributed by atoms with E-state index in [1.165, 1.54) is 4.57 Å². The monoisotopic (exact) mass is 246 g/mol. The molecule has 2 N–H and O–H groups in total. The third-order valence-electron chi connectivity index (χ3n) is 3.78. The lowest BCUT2D eigenvalue weighted by Crippen LogP contribution is -2.25.